The summed E-state index contributed by atoms with van der Waals surface area (Å²) < 4.78 is 36.9. The van der Waals surface area contributed by atoms with E-state index < -0.39 is 10.4 Å². The molecule has 7 nitrogen and oxygen atoms in total. The maximum atomic E-state index is 9.95. The van der Waals surface area contributed by atoms with Crippen molar-refractivity contribution in [3.63, 3.8) is 0 Å². The van der Waals surface area contributed by atoms with Gasteiger partial charge in [0.1, 0.15) is 0 Å². The molecule has 0 bridgehead atoms. The molecule has 8 heteroatoms. The first-order valence-electron chi connectivity index (χ1n) is 8.66. The van der Waals surface area contributed by atoms with Crippen molar-refractivity contribution in [2.45, 2.75) is 34.1 Å². The van der Waals surface area contributed by atoms with Gasteiger partial charge in [0.05, 0.1) is 19.8 Å². The van der Waals surface area contributed by atoms with Gasteiger partial charge in [-0.2, -0.15) is 8.42 Å². The van der Waals surface area contributed by atoms with Crippen molar-refractivity contribution in [1.29, 1.82) is 0 Å². The van der Waals surface area contributed by atoms with E-state index >= 15 is 0 Å². The Morgan fingerprint density at radius 3 is 1.14 bits per heavy atom. The largest absolute Gasteiger partial charge is 0.397 e. The number of aliphatic hydroxyl groups excluding tert-OH is 2. The zero-order valence-electron chi connectivity index (χ0n) is 19.3. The van der Waals surface area contributed by atoms with Crippen molar-refractivity contribution in [2.24, 2.45) is 5.92 Å². The molecule has 0 aliphatic heterocycles. The molecule has 0 aromatic carbocycles. The van der Waals surface area contributed by atoms with Crippen LogP contribution >= 0.6 is 0 Å². The van der Waals surface area contributed by atoms with E-state index in [0.29, 0.717) is 12.3 Å². The Morgan fingerprint density at radius 1 is 0.759 bits per heavy atom. The highest BCUT2D eigenvalue weighted by Crippen LogP contribution is 2.00. The van der Waals surface area contributed by atoms with E-state index in [4.69, 9.17) is 19.5 Å². The van der Waals surface area contributed by atoms with Gasteiger partial charge in [0.2, 0.25) is 0 Å². The lowest BCUT2D eigenvalue weighted by Crippen LogP contribution is -2.06. The fourth-order valence-electron chi connectivity index (χ4n) is 0.593. The summed E-state index contributed by atoms with van der Waals surface area (Å²) in [4.78, 5) is 0. The zero-order chi connectivity index (χ0) is 25.7. The zero-order valence-corrected chi connectivity index (χ0v) is 20.1. The average Bonchev–Trinajstić information content (AvgIpc) is 2.75. The first kappa shape index (κ1) is 50.8. The standard InChI is InChI=1S/C5H12O4S.C4H10O.C2H6O2.5C2H4/c1-5(2)3-4-9-10(6,7)8;1-3-5-4-2;3-1-2-4;5*1-2/h5H,3-4H2,1-2H3,(H,6,7,8);3-4H2,1-2H3;3-4H,1-2H2;5*1-2H2. The fraction of sp³-hybridized carbons (Fsp3) is 0.524. The number of aliphatic hydroxyl groups is 2. The molecule has 0 aromatic heterocycles. The van der Waals surface area contributed by atoms with Crippen LogP contribution in [0.1, 0.15) is 34.1 Å². The molecule has 0 fully saturated rings. The lowest BCUT2D eigenvalue weighted by Gasteiger charge is -2.01. The molecule has 0 atom stereocenters. The molecule has 180 valence electrons. The number of rotatable bonds is 7. The highest BCUT2D eigenvalue weighted by atomic mass is 32.3. The van der Waals surface area contributed by atoms with E-state index in [1.165, 1.54) is 0 Å². The minimum atomic E-state index is -4.22. The number of hydrogen-bond donors (Lipinski definition) is 3. The van der Waals surface area contributed by atoms with Gasteiger partial charge in [0.25, 0.3) is 0 Å². The average molecular weight is 445 g/mol. The van der Waals surface area contributed by atoms with Crippen molar-refractivity contribution < 1.29 is 32.1 Å². The molecular weight excluding hydrogens is 396 g/mol. The Bertz CT molecular complexity index is 293. The quantitative estimate of drug-likeness (QED) is 0.379. The van der Waals surface area contributed by atoms with Crippen LogP contribution in [0, 0.1) is 5.92 Å². The molecule has 0 rings (SSSR count). The van der Waals surface area contributed by atoms with E-state index in [9.17, 15) is 8.42 Å². The van der Waals surface area contributed by atoms with E-state index in [0.717, 1.165) is 13.2 Å². The molecule has 0 aliphatic rings. The summed E-state index contributed by atoms with van der Waals surface area (Å²) in [6, 6.07) is 0. The summed E-state index contributed by atoms with van der Waals surface area (Å²) in [5.74, 6) is 0.377. The van der Waals surface area contributed by atoms with Gasteiger partial charge >= 0.3 is 10.4 Å². The van der Waals surface area contributed by atoms with Gasteiger partial charge in [0, 0.05) is 13.2 Å². The Morgan fingerprint density at radius 2 is 1.03 bits per heavy atom. The van der Waals surface area contributed by atoms with Gasteiger partial charge < -0.3 is 14.9 Å². The van der Waals surface area contributed by atoms with Crippen LogP contribution in [-0.2, 0) is 19.3 Å². The third-order valence-electron chi connectivity index (χ3n) is 1.44. The van der Waals surface area contributed by atoms with Gasteiger partial charge in [-0.3, -0.25) is 4.55 Å². The molecule has 0 unspecified atom stereocenters. The number of hydrogen-bond acceptors (Lipinski definition) is 6. The van der Waals surface area contributed by atoms with Crippen LogP contribution in [0.25, 0.3) is 0 Å². The second-order valence-electron chi connectivity index (χ2n) is 3.66. The minimum Gasteiger partial charge on any atom is -0.394 e. The van der Waals surface area contributed by atoms with E-state index in [2.05, 4.69) is 70.0 Å². The molecular formula is C21H48O7S. The molecule has 0 heterocycles. The van der Waals surface area contributed by atoms with Crippen LogP contribution in [0.2, 0.25) is 0 Å². The fourth-order valence-corrected chi connectivity index (χ4v) is 0.900. The molecule has 0 saturated carbocycles. The van der Waals surface area contributed by atoms with Gasteiger partial charge in [-0.05, 0) is 26.2 Å². The maximum Gasteiger partial charge on any atom is 0.397 e. The molecule has 3 N–H and O–H groups in total. The topological polar surface area (TPSA) is 113 Å². The summed E-state index contributed by atoms with van der Waals surface area (Å²) in [5.41, 5.74) is 0. The summed E-state index contributed by atoms with van der Waals surface area (Å²) in [5, 5.41) is 15.2. The third-order valence-corrected chi connectivity index (χ3v) is 1.90. The van der Waals surface area contributed by atoms with Crippen molar-refractivity contribution in [1.82, 2.24) is 0 Å². The van der Waals surface area contributed by atoms with Crippen LogP contribution in [-0.4, -0.2) is 56.2 Å². The summed E-state index contributed by atoms with van der Waals surface area (Å²) in [6.45, 7) is 39.3. The Kier molecular flexibility index (Phi) is 126. The van der Waals surface area contributed by atoms with Gasteiger partial charge in [-0.15, -0.1) is 65.8 Å². The van der Waals surface area contributed by atoms with Crippen LogP contribution in [0.3, 0.4) is 0 Å². The molecule has 0 spiro atoms. The molecule has 0 aliphatic carbocycles. The lowest BCUT2D eigenvalue weighted by atomic mass is 10.2. The second kappa shape index (κ2) is 71.8. The predicted octanol–water partition coefficient (Wildman–Crippen LogP) is 4.88. The van der Waals surface area contributed by atoms with Crippen molar-refractivity contribution >= 4 is 10.4 Å². The van der Waals surface area contributed by atoms with E-state index in [-0.39, 0.29) is 19.8 Å². The van der Waals surface area contributed by atoms with Crippen LogP contribution in [0.15, 0.2) is 65.8 Å². The summed E-state index contributed by atoms with van der Waals surface area (Å²) >= 11 is 0. The molecule has 0 aromatic rings. The van der Waals surface area contributed by atoms with E-state index in [1.54, 1.807) is 0 Å². The van der Waals surface area contributed by atoms with Gasteiger partial charge in [-0.25, -0.2) is 4.18 Å². The maximum absolute atomic E-state index is 9.95. The Hall–Kier alpha value is -1.55. The van der Waals surface area contributed by atoms with Crippen molar-refractivity contribution in [3.8, 4) is 0 Å². The van der Waals surface area contributed by atoms with Crippen LogP contribution < -0.4 is 0 Å². The molecule has 0 radical (unpaired) electrons. The van der Waals surface area contributed by atoms with Gasteiger partial charge in [0.15, 0.2) is 0 Å². The lowest BCUT2D eigenvalue weighted by molar-refractivity contribution is 0.162. The molecule has 29 heavy (non-hydrogen) atoms. The smallest absolute Gasteiger partial charge is 0.394 e. The minimum absolute atomic E-state index is 0.0521. The van der Waals surface area contributed by atoms with Crippen molar-refractivity contribution in [2.75, 3.05) is 33.0 Å². The summed E-state index contributed by atoms with van der Waals surface area (Å²) in [7, 11) is -4.22. The highest BCUT2D eigenvalue weighted by Gasteiger charge is 2.03. The number of ether oxygens (including phenoxy) is 1. The first-order valence-corrected chi connectivity index (χ1v) is 10.0. The van der Waals surface area contributed by atoms with E-state index in [1.807, 2.05) is 27.7 Å². The Labute approximate surface area is 181 Å². The first-order chi connectivity index (χ1) is 13.7. The molecule has 0 saturated heterocycles. The SMILES string of the molecule is C=C.C=C.C=C.C=C.C=C.CC(C)CCOS(=O)(=O)O.CCOCC.OCCO. The van der Waals surface area contributed by atoms with Crippen LogP contribution in [0.5, 0.6) is 0 Å². The van der Waals surface area contributed by atoms with Crippen molar-refractivity contribution in [3.05, 3.63) is 65.8 Å². The van der Waals surface area contributed by atoms with Gasteiger partial charge in [-0.1, -0.05) is 13.8 Å². The summed E-state index contributed by atoms with van der Waals surface area (Å²) in [6.07, 6.45) is 0.625. The third kappa shape index (κ3) is 221. The van der Waals surface area contributed by atoms with Crippen LogP contribution in [0.4, 0.5) is 0 Å². The highest BCUT2D eigenvalue weighted by molar-refractivity contribution is 7.80. The second-order valence-corrected chi connectivity index (χ2v) is 4.75. The Balaban J connectivity index is -0.0000000331. The normalized spacial score (nSPS) is 7.45. The monoisotopic (exact) mass is 444 g/mol. The predicted molar refractivity (Wildman–Crippen MR) is 130 cm³/mol. The molecule has 0 amide bonds.